The number of thiocarbonyl (C=S) groups is 1. The molecule has 23 heavy (non-hydrogen) atoms. The Morgan fingerprint density at radius 2 is 2.04 bits per heavy atom. The summed E-state index contributed by atoms with van der Waals surface area (Å²) in [5, 5.41) is 9.31. The molecule has 0 N–H and O–H groups in total. The minimum atomic E-state index is 0.0109. The van der Waals surface area contributed by atoms with Gasteiger partial charge in [-0.15, -0.1) is 0 Å². The van der Waals surface area contributed by atoms with Gasteiger partial charge in [-0.3, -0.25) is 0 Å². The normalized spacial score (nSPS) is 16.6. The largest absolute Gasteiger partial charge is 0.343 e. The molecule has 0 radical (unpaired) electrons. The van der Waals surface area contributed by atoms with Gasteiger partial charge in [0.15, 0.2) is 0 Å². The van der Waals surface area contributed by atoms with E-state index < -0.39 is 0 Å². The third-order valence-electron chi connectivity index (χ3n) is 4.67. The van der Waals surface area contributed by atoms with Gasteiger partial charge in [-0.05, 0) is 48.9 Å². The van der Waals surface area contributed by atoms with Gasteiger partial charge in [0.2, 0.25) is 0 Å². The average Bonchev–Trinajstić information content (AvgIpc) is 3.04. The highest BCUT2D eigenvalue weighted by molar-refractivity contribution is 7.81. The Bertz CT molecular complexity index is 734. The van der Waals surface area contributed by atoms with Crippen LogP contribution in [-0.4, -0.2) is 9.43 Å². The van der Waals surface area contributed by atoms with Crippen LogP contribution < -0.4 is 0 Å². The first-order valence-electron chi connectivity index (χ1n) is 8.47. The number of fused-ring (bicyclic) bond motifs is 1. The van der Waals surface area contributed by atoms with Gasteiger partial charge in [-0.25, -0.2) is 0 Å². The van der Waals surface area contributed by atoms with E-state index in [0.717, 1.165) is 47.6 Å². The monoisotopic (exact) mass is 322 g/mol. The summed E-state index contributed by atoms with van der Waals surface area (Å²) in [6, 6.07) is 15.2. The van der Waals surface area contributed by atoms with Crippen molar-refractivity contribution in [2.45, 2.75) is 51.5 Å². The van der Waals surface area contributed by atoms with Crippen LogP contribution in [0.3, 0.4) is 0 Å². The number of nitrogens with zero attached hydrogens (tertiary/aromatic N) is 2. The SMILES string of the molecule is CCCCc1ccc(C(=S)c2ccc3n2CCCC3C#N)cc1. The first-order valence-corrected chi connectivity index (χ1v) is 8.88. The van der Waals surface area contributed by atoms with Crippen molar-refractivity contribution in [3.63, 3.8) is 0 Å². The molecular formula is C20H22N2S. The molecule has 3 rings (SSSR count). The Kier molecular flexibility index (Phi) is 4.93. The first-order chi connectivity index (χ1) is 11.2. The van der Waals surface area contributed by atoms with Gasteiger partial charge >= 0.3 is 0 Å². The second kappa shape index (κ2) is 7.10. The zero-order valence-electron chi connectivity index (χ0n) is 13.6. The second-order valence-corrected chi connectivity index (χ2v) is 6.66. The number of benzene rings is 1. The van der Waals surface area contributed by atoms with E-state index in [4.69, 9.17) is 12.2 Å². The van der Waals surface area contributed by atoms with E-state index >= 15 is 0 Å². The van der Waals surface area contributed by atoms with Crippen molar-refractivity contribution in [1.29, 1.82) is 5.26 Å². The highest BCUT2D eigenvalue weighted by Gasteiger charge is 2.23. The molecule has 1 aliphatic rings. The quantitative estimate of drug-likeness (QED) is 0.572. The molecule has 0 saturated carbocycles. The predicted octanol–water partition coefficient (Wildman–Crippen LogP) is 5.00. The third-order valence-corrected chi connectivity index (χ3v) is 5.11. The smallest absolute Gasteiger partial charge is 0.0865 e. The van der Waals surface area contributed by atoms with E-state index in [0.29, 0.717) is 0 Å². The average molecular weight is 322 g/mol. The maximum absolute atomic E-state index is 9.31. The van der Waals surface area contributed by atoms with Crippen molar-refractivity contribution in [3.05, 3.63) is 58.9 Å². The molecule has 0 saturated heterocycles. The number of nitriles is 1. The van der Waals surface area contributed by atoms with E-state index in [-0.39, 0.29) is 5.92 Å². The van der Waals surface area contributed by atoms with Crippen molar-refractivity contribution >= 4 is 17.1 Å². The van der Waals surface area contributed by atoms with E-state index in [9.17, 15) is 5.26 Å². The van der Waals surface area contributed by atoms with Crippen LogP contribution in [0, 0.1) is 11.3 Å². The van der Waals surface area contributed by atoms with Crippen LogP contribution in [0.1, 0.15) is 61.0 Å². The Morgan fingerprint density at radius 3 is 2.74 bits per heavy atom. The minimum Gasteiger partial charge on any atom is -0.343 e. The summed E-state index contributed by atoms with van der Waals surface area (Å²) in [5.41, 5.74) is 4.67. The fourth-order valence-electron chi connectivity index (χ4n) is 3.32. The van der Waals surface area contributed by atoms with Crippen LogP contribution in [0.15, 0.2) is 36.4 Å². The van der Waals surface area contributed by atoms with Crippen molar-refractivity contribution in [2.24, 2.45) is 0 Å². The first kappa shape index (κ1) is 16.0. The summed E-state index contributed by atoms with van der Waals surface area (Å²) < 4.78 is 2.24. The lowest BCUT2D eigenvalue weighted by Gasteiger charge is -2.22. The van der Waals surface area contributed by atoms with Crippen LogP contribution in [0.4, 0.5) is 0 Å². The zero-order valence-corrected chi connectivity index (χ0v) is 14.4. The maximum atomic E-state index is 9.31. The molecule has 2 nitrogen and oxygen atoms in total. The molecule has 1 unspecified atom stereocenters. The molecule has 0 fully saturated rings. The standard InChI is InChI=1S/C20H22N2S/c1-2-3-5-15-7-9-16(10-8-15)20(23)19-12-11-18-17(14-21)6-4-13-22(18)19/h7-12,17H,2-6,13H2,1H3. The Morgan fingerprint density at radius 1 is 1.26 bits per heavy atom. The summed E-state index contributed by atoms with van der Waals surface area (Å²) >= 11 is 5.73. The van der Waals surface area contributed by atoms with Gasteiger partial charge in [0.05, 0.1) is 22.5 Å². The van der Waals surface area contributed by atoms with Gasteiger partial charge in [-0.1, -0.05) is 49.8 Å². The van der Waals surface area contributed by atoms with Crippen molar-refractivity contribution in [1.82, 2.24) is 4.57 Å². The number of aromatic nitrogens is 1. The summed E-state index contributed by atoms with van der Waals surface area (Å²) in [5.74, 6) is 0.0109. The van der Waals surface area contributed by atoms with Crippen LogP contribution >= 0.6 is 12.2 Å². The number of aryl methyl sites for hydroxylation is 1. The molecule has 1 atom stereocenters. The topological polar surface area (TPSA) is 28.7 Å². The van der Waals surface area contributed by atoms with Gasteiger partial charge < -0.3 is 4.57 Å². The molecule has 0 spiro atoms. The molecule has 3 heteroatoms. The Balaban J connectivity index is 1.84. The maximum Gasteiger partial charge on any atom is 0.0865 e. The molecule has 2 heterocycles. The summed E-state index contributed by atoms with van der Waals surface area (Å²) in [7, 11) is 0. The van der Waals surface area contributed by atoms with Crippen LogP contribution in [0.25, 0.3) is 0 Å². The lowest BCUT2D eigenvalue weighted by Crippen LogP contribution is -2.18. The van der Waals surface area contributed by atoms with Crippen molar-refractivity contribution in [2.75, 3.05) is 0 Å². The van der Waals surface area contributed by atoms with E-state index in [1.165, 1.54) is 18.4 Å². The number of hydrogen-bond acceptors (Lipinski definition) is 2. The second-order valence-electron chi connectivity index (χ2n) is 6.25. The van der Waals surface area contributed by atoms with E-state index in [1.807, 2.05) is 0 Å². The molecule has 118 valence electrons. The molecule has 1 aliphatic heterocycles. The van der Waals surface area contributed by atoms with Gasteiger partial charge in [0.25, 0.3) is 0 Å². The van der Waals surface area contributed by atoms with Gasteiger partial charge in [0.1, 0.15) is 0 Å². The Labute approximate surface area is 143 Å². The number of unbranched alkanes of at least 4 members (excludes halogenated alkanes) is 1. The molecular weight excluding hydrogens is 300 g/mol. The van der Waals surface area contributed by atoms with E-state index in [1.54, 1.807) is 0 Å². The highest BCUT2D eigenvalue weighted by atomic mass is 32.1. The van der Waals surface area contributed by atoms with Crippen LogP contribution in [0.2, 0.25) is 0 Å². The summed E-state index contributed by atoms with van der Waals surface area (Å²) in [6.07, 6.45) is 5.58. The predicted molar refractivity (Wildman–Crippen MR) is 97.9 cm³/mol. The van der Waals surface area contributed by atoms with Gasteiger partial charge in [0, 0.05) is 12.2 Å². The third kappa shape index (κ3) is 3.23. The molecule has 1 aromatic heterocycles. The van der Waals surface area contributed by atoms with Crippen LogP contribution in [-0.2, 0) is 13.0 Å². The minimum absolute atomic E-state index is 0.0109. The fourth-order valence-corrected chi connectivity index (χ4v) is 3.63. The molecule has 0 aliphatic carbocycles. The lowest BCUT2D eigenvalue weighted by molar-refractivity contribution is 0.502. The summed E-state index contributed by atoms with van der Waals surface area (Å²) in [4.78, 5) is 0.886. The van der Waals surface area contributed by atoms with E-state index in [2.05, 4.69) is 54.0 Å². The van der Waals surface area contributed by atoms with Crippen LogP contribution in [0.5, 0.6) is 0 Å². The fraction of sp³-hybridized carbons (Fsp3) is 0.400. The molecule has 0 amide bonds. The zero-order chi connectivity index (χ0) is 16.2. The molecule has 2 aromatic rings. The Hall–Kier alpha value is -1.92. The van der Waals surface area contributed by atoms with Crippen molar-refractivity contribution < 1.29 is 0 Å². The van der Waals surface area contributed by atoms with Gasteiger partial charge in [-0.2, -0.15) is 5.26 Å². The van der Waals surface area contributed by atoms with Crippen molar-refractivity contribution in [3.8, 4) is 6.07 Å². The summed E-state index contributed by atoms with van der Waals surface area (Å²) in [6.45, 7) is 3.18. The highest BCUT2D eigenvalue weighted by Crippen LogP contribution is 2.30. The molecule has 0 bridgehead atoms. The number of hydrogen-bond donors (Lipinski definition) is 0. The number of rotatable bonds is 5. The lowest BCUT2D eigenvalue weighted by atomic mass is 9.98. The molecule has 1 aromatic carbocycles.